The van der Waals surface area contributed by atoms with Crippen LogP contribution in [0.2, 0.25) is 0 Å². The Kier molecular flexibility index (Phi) is 3.34. The van der Waals surface area contributed by atoms with E-state index in [9.17, 15) is 9.59 Å². The quantitative estimate of drug-likeness (QED) is 0.768. The van der Waals surface area contributed by atoms with Crippen LogP contribution in [0.25, 0.3) is 5.69 Å². The van der Waals surface area contributed by atoms with Gasteiger partial charge in [0.05, 0.1) is 5.69 Å². The van der Waals surface area contributed by atoms with Gasteiger partial charge in [-0.05, 0) is 30.3 Å². The SMILES string of the molecule is O=C(Nc1cccc(-n2cccn2)c1)c1cc[nH]c(=O)c1. The number of anilines is 1. The van der Waals surface area contributed by atoms with Gasteiger partial charge in [-0.25, -0.2) is 4.68 Å². The Morgan fingerprint density at radius 3 is 2.86 bits per heavy atom. The molecule has 2 N–H and O–H groups in total. The van der Waals surface area contributed by atoms with Crippen LogP contribution in [0, 0.1) is 0 Å². The average Bonchev–Trinajstić information content (AvgIpc) is 3.02. The molecule has 0 atom stereocenters. The topological polar surface area (TPSA) is 79.8 Å². The number of amides is 1. The first kappa shape index (κ1) is 12.9. The summed E-state index contributed by atoms with van der Waals surface area (Å²) in [6, 6.07) is 11.9. The molecular formula is C15H12N4O2. The lowest BCUT2D eigenvalue weighted by Crippen LogP contribution is -2.15. The third kappa shape index (κ3) is 2.89. The maximum absolute atomic E-state index is 12.1. The van der Waals surface area contributed by atoms with Crippen molar-refractivity contribution in [2.75, 3.05) is 5.32 Å². The fourth-order valence-corrected chi connectivity index (χ4v) is 1.94. The van der Waals surface area contributed by atoms with Gasteiger partial charge in [0.15, 0.2) is 0 Å². The molecule has 0 bridgehead atoms. The summed E-state index contributed by atoms with van der Waals surface area (Å²) in [5.74, 6) is -0.335. The van der Waals surface area contributed by atoms with Crippen LogP contribution in [0.5, 0.6) is 0 Å². The van der Waals surface area contributed by atoms with Gasteiger partial charge in [-0.2, -0.15) is 5.10 Å². The fourth-order valence-electron chi connectivity index (χ4n) is 1.94. The molecule has 0 aliphatic rings. The largest absolute Gasteiger partial charge is 0.329 e. The van der Waals surface area contributed by atoms with E-state index in [1.807, 2.05) is 24.4 Å². The van der Waals surface area contributed by atoms with Gasteiger partial charge in [-0.1, -0.05) is 6.07 Å². The predicted octanol–water partition coefficient (Wildman–Crippen LogP) is 1.81. The molecule has 21 heavy (non-hydrogen) atoms. The van der Waals surface area contributed by atoms with E-state index in [1.54, 1.807) is 29.1 Å². The van der Waals surface area contributed by atoms with Crippen molar-refractivity contribution in [2.45, 2.75) is 0 Å². The highest BCUT2D eigenvalue weighted by molar-refractivity contribution is 6.04. The number of rotatable bonds is 3. The van der Waals surface area contributed by atoms with Crippen molar-refractivity contribution in [3.05, 3.63) is 77.0 Å². The lowest BCUT2D eigenvalue weighted by Gasteiger charge is -2.07. The summed E-state index contributed by atoms with van der Waals surface area (Å²) in [4.78, 5) is 25.8. The van der Waals surface area contributed by atoms with Crippen LogP contribution < -0.4 is 10.9 Å². The van der Waals surface area contributed by atoms with Crippen molar-refractivity contribution in [2.24, 2.45) is 0 Å². The standard InChI is InChI=1S/C15H12N4O2/c20-14-9-11(5-7-16-14)15(21)18-12-3-1-4-13(10-12)19-8-2-6-17-19/h1-10H,(H,16,20)(H,18,21). The Balaban J connectivity index is 1.84. The molecular weight excluding hydrogens is 268 g/mol. The van der Waals surface area contributed by atoms with E-state index in [1.165, 1.54) is 12.3 Å². The molecule has 3 aromatic rings. The number of benzene rings is 1. The maximum Gasteiger partial charge on any atom is 0.255 e. The summed E-state index contributed by atoms with van der Waals surface area (Å²) < 4.78 is 1.70. The molecule has 6 nitrogen and oxygen atoms in total. The molecule has 6 heteroatoms. The zero-order valence-corrected chi connectivity index (χ0v) is 11.0. The molecule has 0 aliphatic carbocycles. The zero-order chi connectivity index (χ0) is 14.7. The van der Waals surface area contributed by atoms with Crippen LogP contribution in [0.15, 0.2) is 65.8 Å². The first-order valence-electron chi connectivity index (χ1n) is 6.32. The second-order valence-corrected chi connectivity index (χ2v) is 4.40. The van der Waals surface area contributed by atoms with Crippen LogP contribution in [0.3, 0.4) is 0 Å². The normalized spacial score (nSPS) is 10.3. The highest BCUT2D eigenvalue weighted by Gasteiger charge is 2.07. The van der Waals surface area contributed by atoms with Gasteiger partial charge < -0.3 is 10.3 Å². The highest BCUT2D eigenvalue weighted by Crippen LogP contribution is 2.14. The number of carbonyl (C=O) groups excluding carboxylic acids is 1. The molecule has 1 aromatic carbocycles. The summed E-state index contributed by atoms with van der Waals surface area (Å²) >= 11 is 0. The van der Waals surface area contributed by atoms with Crippen LogP contribution in [-0.4, -0.2) is 20.7 Å². The Morgan fingerprint density at radius 2 is 2.10 bits per heavy atom. The highest BCUT2D eigenvalue weighted by atomic mass is 16.2. The summed E-state index contributed by atoms with van der Waals surface area (Å²) in [6.45, 7) is 0. The van der Waals surface area contributed by atoms with Gasteiger partial charge in [0.1, 0.15) is 0 Å². The predicted molar refractivity (Wildman–Crippen MR) is 78.6 cm³/mol. The number of aromatic amines is 1. The van der Waals surface area contributed by atoms with E-state index in [4.69, 9.17) is 0 Å². The Bertz CT molecular complexity index is 821. The number of H-pyrrole nitrogens is 1. The molecule has 1 amide bonds. The summed E-state index contributed by atoms with van der Waals surface area (Å²) in [6.07, 6.45) is 4.94. The van der Waals surface area contributed by atoms with E-state index in [0.717, 1.165) is 5.69 Å². The minimum Gasteiger partial charge on any atom is -0.329 e. The Hall–Kier alpha value is -3.15. The molecule has 0 spiro atoms. The molecule has 0 unspecified atom stereocenters. The molecule has 104 valence electrons. The molecule has 0 radical (unpaired) electrons. The molecule has 0 saturated carbocycles. The molecule has 0 saturated heterocycles. The van der Waals surface area contributed by atoms with Crippen molar-refractivity contribution < 1.29 is 4.79 Å². The average molecular weight is 280 g/mol. The van der Waals surface area contributed by atoms with Crippen molar-refractivity contribution in [3.63, 3.8) is 0 Å². The molecule has 0 fully saturated rings. The van der Waals surface area contributed by atoms with Crippen LogP contribution in [0.1, 0.15) is 10.4 Å². The van der Waals surface area contributed by atoms with E-state index < -0.39 is 0 Å². The van der Waals surface area contributed by atoms with Gasteiger partial charge in [-0.3, -0.25) is 9.59 Å². The van der Waals surface area contributed by atoms with E-state index in [0.29, 0.717) is 11.3 Å². The lowest BCUT2D eigenvalue weighted by molar-refractivity contribution is 0.102. The fraction of sp³-hybridized carbons (Fsp3) is 0. The summed E-state index contributed by atoms with van der Waals surface area (Å²) in [5.41, 5.74) is 1.47. The molecule has 2 aromatic heterocycles. The van der Waals surface area contributed by atoms with Crippen molar-refractivity contribution in [3.8, 4) is 5.69 Å². The monoisotopic (exact) mass is 280 g/mol. The lowest BCUT2D eigenvalue weighted by atomic mass is 10.2. The molecule has 0 aliphatic heterocycles. The second kappa shape index (κ2) is 5.46. The van der Waals surface area contributed by atoms with Crippen LogP contribution in [-0.2, 0) is 0 Å². The van der Waals surface area contributed by atoms with Gasteiger partial charge in [0, 0.05) is 35.9 Å². The molecule has 2 heterocycles. The summed E-state index contributed by atoms with van der Waals surface area (Å²) in [5, 5.41) is 6.89. The summed E-state index contributed by atoms with van der Waals surface area (Å²) in [7, 11) is 0. The second-order valence-electron chi connectivity index (χ2n) is 4.40. The Morgan fingerprint density at radius 1 is 1.19 bits per heavy atom. The van der Waals surface area contributed by atoms with Crippen molar-refractivity contribution in [1.82, 2.24) is 14.8 Å². The Labute approximate surface area is 120 Å². The van der Waals surface area contributed by atoms with Gasteiger partial charge in [0.25, 0.3) is 5.91 Å². The number of hydrogen-bond acceptors (Lipinski definition) is 3. The van der Waals surface area contributed by atoms with Gasteiger partial charge in [-0.15, -0.1) is 0 Å². The molecule has 3 rings (SSSR count). The van der Waals surface area contributed by atoms with E-state index in [-0.39, 0.29) is 11.5 Å². The third-order valence-electron chi connectivity index (χ3n) is 2.91. The first-order valence-corrected chi connectivity index (χ1v) is 6.32. The number of nitrogens with one attached hydrogen (secondary N) is 2. The minimum absolute atomic E-state index is 0.309. The first-order chi connectivity index (χ1) is 10.2. The smallest absolute Gasteiger partial charge is 0.255 e. The number of aromatic nitrogens is 3. The number of hydrogen-bond donors (Lipinski definition) is 2. The third-order valence-corrected chi connectivity index (χ3v) is 2.91. The minimum atomic E-state index is -0.335. The van der Waals surface area contributed by atoms with E-state index >= 15 is 0 Å². The maximum atomic E-state index is 12.1. The van der Waals surface area contributed by atoms with Gasteiger partial charge in [0.2, 0.25) is 5.56 Å². The van der Waals surface area contributed by atoms with E-state index in [2.05, 4.69) is 15.4 Å². The number of nitrogens with zero attached hydrogens (tertiary/aromatic N) is 2. The number of carbonyl (C=O) groups is 1. The van der Waals surface area contributed by atoms with Crippen LogP contribution in [0.4, 0.5) is 5.69 Å². The number of pyridine rings is 1. The van der Waals surface area contributed by atoms with Gasteiger partial charge >= 0.3 is 0 Å². The van der Waals surface area contributed by atoms with Crippen molar-refractivity contribution >= 4 is 11.6 Å². The van der Waals surface area contributed by atoms with Crippen molar-refractivity contribution in [1.29, 1.82) is 0 Å². The van der Waals surface area contributed by atoms with Crippen LogP contribution >= 0.6 is 0 Å². The zero-order valence-electron chi connectivity index (χ0n) is 11.0.